The fraction of sp³-hybridized carbons (Fsp3) is 0.278. The monoisotopic (exact) mass is 360 g/mol. The molecule has 1 amide bonds. The van der Waals surface area contributed by atoms with E-state index in [-0.39, 0.29) is 10.8 Å². The van der Waals surface area contributed by atoms with Crippen LogP contribution in [0.25, 0.3) is 6.08 Å². The van der Waals surface area contributed by atoms with Gasteiger partial charge in [-0.15, -0.1) is 0 Å². The number of furan rings is 1. The Balaban J connectivity index is 1.82. The Labute approximate surface area is 147 Å². The van der Waals surface area contributed by atoms with E-state index in [1.165, 1.54) is 24.5 Å². The summed E-state index contributed by atoms with van der Waals surface area (Å²) in [6.07, 6.45) is 3.74. The van der Waals surface area contributed by atoms with Crippen LogP contribution in [0.15, 0.2) is 45.7 Å². The van der Waals surface area contributed by atoms with Crippen LogP contribution in [0.1, 0.15) is 17.1 Å². The molecule has 0 bridgehead atoms. The minimum absolute atomic E-state index is 0.156. The first kappa shape index (κ1) is 17.4. The molecule has 0 fully saturated rings. The van der Waals surface area contributed by atoms with Gasteiger partial charge in [0.25, 0.3) is 5.91 Å². The van der Waals surface area contributed by atoms with Crippen LogP contribution in [0.5, 0.6) is 0 Å². The maximum Gasteiger partial charge on any atom is 0.251 e. The molecular formula is C18H20N2O4S. The molecule has 0 saturated heterocycles. The van der Waals surface area contributed by atoms with Gasteiger partial charge in [-0.2, -0.15) is 0 Å². The minimum Gasteiger partial charge on any atom is -0.462 e. The number of carbonyl (C=O) groups is 1. The van der Waals surface area contributed by atoms with Crippen LogP contribution < -0.4 is 4.90 Å². The van der Waals surface area contributed by atoms with Gasteiger partial charge in [0.1, 0.15) is 11.5 Å². The zero-order chi connectivity index (χ0) is 18.2. The Morgan fingerprint density at radius 2 is 2.00 bits per heavy atom. The Kier molecular flexibility index (Phi) is 4.53. The van der Waals surface area contributed by atoms with Gasteiger partial charge in [-0.1, -0.05) is 0 Å². The van der Waals surface area contributed by atoms with Crippen molar-refractivity contribution in [1.82, 2.24) is 4.31 Å². The predicted octanol–water partition coefficient (Wildman–Crippen LogP) is 2.44. The maximum atomic E-state index is 12.4. The van der Waals surface area contributed by atoms with Gasteiger partial charge >= 0.3 is 0 Å². The Hall–Kier alpha value is -2.38. The Bertz CT molecular complexity index is 942. The molecule has 132 valence electrons. The summed E-state index contributed by atoms with van der Waals surface area (Å²) in [5.74, 6) is 1.25. The van der Waals surface area contributed by atoms with Crippen molar-refractivity contribution in [2.45, 2.75) is 18.2 Å². The lowest BCUT2D eigenvalue weighted by atomic mass is 10.2. The average Bonchev–Trinajstić information content (AvgIpc) is 3.17. The molecule has 2 heterocycles. The van der Waals surface area contributed by atoms with Crippen molar-refractivity contribution in [1.29, 1.82) is 0 Å². The van der Waals surface area contributed by atoms with Gasteiger partial charge in [-0.3, -0.25) is 4.79 Å². The van der Waals surface area contributed by atoms with Gasteiger partial charge in [0.2, 0.25) is 10.0 Å². The number of anilines is 1. The van der Waals surface area contributed by atoms with Gasteiger partial charge in [0.15, 0.2) is 0 Å². The van der Waals surface area contributed by atoms with Crippen LogP contribution in [0.3, 0.4) is 0 Å². The lowest BCUT2D eigenvalue weighted by Crippen LogP contribution is -2.26. The van der Waals surface area contributed by atoms with Gasteiger partial charge < -0.3 is 9.32 Å². The Morgan fingerprint density at radius 1 is 1.24 bits per heavy atom. The van der Waals surface area contributed by atoms with Crippen LogP contribution in [-0.2, 0) is 21.2 Å². The van der Waals surface area contributed by atoms with Crippen molar-refractivity contribution in [3.63, 3.8) is 0 Å². The molecule has 0 saturated carbocycles. The van der Waals surface area contributed by atoms with E-state index in [2.05, 4.69) is 0 Å². The normalized spacial score (nSPS) is 14.5. The number of aryl methyl sites for hydroxylation is 1. The zero-order valence-electron chi connectivity index (χ0n) is 14.4. The minimum atomic E-state index is -3.48. The van der Waals surface area contributed by atoms with Gasteiger partial charge in [0, 0.05) is 32.4 Å². The van der Waals surface area contributed by atoms with Crippen molar-refractivity contribution in [2.75, 3.05) is 25.5 Å². The number of hydrogen-bond donors (Lipinski definition) is 0. The van der Waals surface area contributed by atoms with Crippen molar-refractivity contribution in [3.05, 3.63) is 53.5 Å². The van der Waals surface area contributed by atoms with E-state index < -0.39 is 10.0 Å². The fourth-order valence-corrected chi connectivity index (χ4v) is 3.72. The molecule has 1 aliphatic rings. The molecule has 1 aliphatic heterocycles. The molecule has 0 radical (unpaired) electrons. The molecule has 2 aromatic rings. The van der Waals surface area contributed by atoms with E-state index in [0.29, 0.717) is 18.7 Å². The molecule has 0 atom stereocenters. The number of benzene rings is 1. The standard InChI is InChI=1S/C18H20N2O4S/c1-13-4-5-15(24-13)6-9-18(21)20-11-10-14-12-16(7-8-17(14)20)25(22,23)19(2)3/h4-9,12H,10-11H2,1-3H3/b9-6+. The fourth-order valence-electron chi connectivity index (χ4n) is 2.76. The third kappa shape index (κ3) is 3.38. The smallest absolute Gasteiger partial charge is 0.251 e. The number of rotatable bonds is 4. The molecule has 7 heteroatoms. The second-order valence-electron chi connectivity index (χ2n) is 6.10. The van der Waals surface area contributed by atoms with E-state index in [1.54, 1.807) is 35.2 Å². The Morgan fingerprint density at radius 3 is 2.64 bits per heavy atom. The maximum absolute atomic E-state index is 12.4. The first-order valence-corrected chi connectivity index (χ1v) is 9.34. The molecule has 6 nitrogen and oxygen atoms in total. The lowest BCUT2D eigenvalue weighted by molar-refractivity contribution is -0.114. The SMILES string of the molecule is Cc1ccc(/C=C/C(=O)N2CCc3cc(S(=O)(=O)N(C)C)ccc32)o1. The highest BCUT2D eigenvalue weighted by atomic mass is 32.2. The van der Waals surface area contributed by atoms with E-state index in [0.717, 1.165) is 17.0 Å². The highest BCUT2D eigenvalue weighted by Gasteiger charge is 2.26. The number of nitrogens with zero attached hydrogens (tertiary/aromatic N) is 2. The van der Waals surface area contributed by atoms with Crippen molar-refractivity contribution in [2.24, 2.45) is 0 Å². The zero-order valence-corrected chi connectivity index (χ0v) is 15.2. The summed E-state index contributed by atoms with van der Waals surface area (Å²) in [5.41, 5.74) is 1.61. The predicted molar refractivity (Wildman–Crippen MR) is 95.9 cm³/mol. The third-order valence-electron chi connectivity index (χ3n) is 4.14. The molecule has 3 rings (SSSR count). The third-order valence-corrected chi connectivity index (χ3v) is 5.95. The summed E-state index contributed by atoms with van der Waals surface area (Å²) in [6.45, 7) is 2.37. The van der Waals surface area contributed by atoms with Crippen molar-refractivity contribution >= 4 is 27.7 Å². The van der Waals surface area contributed by atoms with Crippen LogP contribution >= 0.6 is 0 Å². The highest BCUT2D eigenvalue weighted by Crippen LogP contribution is 2.31. The van der Waals surface area contributed by atoms with E-state index in [1.807, 2.05) is 13.0 Å². The van der Waals surface area contributed by atoms with Crippen LogP contribution in [0.2, 0.25) is 0 Å². The van der Waals surface area contributed by atoms with E-state index >= 15 is 0 Å². The number of hydrogen-bond acceptors (Lipinski definition) is 4. The second-order valence-corrected chi connectivity index (χ2v) is 8.25. The summed E-state index contributed by atoms with van der Waals surface area (Å²) < 4.78 is 31.1. The summed E-state index contributed by atoms with van der Waals surface area (Å²) in [5, 5.41) is 0. The average molecular weight is 360 g/mol. The molecule has 0 N–H and O–H groups in total. The summed E-state index contributed by atoms with van der Waals surface area (Å²) in [4.78, 5) is 14.3. The number of fused-ring (bicyclic) bond motifs is 1. The van der Waals surface area contributed by atoms with E-state index in [9.17, 15) is 13.2 Å². The van der Waals surface area contributed by atoms with Gasteiger partial charge in [-0.25, -0.2) is 12.7 Å². The van der Waals surface area contributed by atoms with Crippen LogP contribution in [0, 0.1) is 6.92 Å². The number of amides is 1. The molecule has 1 aromatic carbocycles. The molecule has 0 aliphatic carbocycles. The quantitative estimate of drug-likeness (QED) is 0.785. The summed E-state index contributed by atoms with van der Waals surface area (Å²) in [6, 6.07) is 8.52. The first-order valence-electron chi connectivity index (χ1n) is 7.90. The van der Waals surface area contributed by atoms with Crippen molar-refractivity contribution < 1.29 is 17.6 Å². The first-order chi connectivity index (χ1) is 11.8. The molecule has 25 heavy (non-hydrogen) atoms. The summed E-state index contributed by atoms with van der Waals surface area (Å²) >= 11 is 0. The molecule has 1 aromatic heterocycles. The van der Waals surface area contributed by atoms with E-state index in [4.69, 9.17) is 4.42 Å². The largest absolute Gasteiger partial charge is 0.462 e. The number of carbonyl (C=O) groups excluding carboxylic acids is 1. The van der Waals surface area contributed by atoms with Crippen LogP contribution in [-0.4, -0.2) is 39.3 Å². The molecule has 0 unspecified atom stereocenters. The summed E-state index contributed by atoms with van der Waals surface area (Å²) in [7, 11) is -0.478. The highest BCUT2D eigenvalue weighted by molar-refractivity contribution is 7.89. The lowest BCUT2D eigenvalue weighted by Gasteiger charge is -2.16. The molecular weight excluding hydrogens is 340 g/mol. The second kappa shape index (κ2) is 6.50. The topological polar surface area (TPSA) is 70.8 Å². The van der Waals surface area contributed by atoms with Gasteiger partial charge in [-0.05, 0) is 55.3 Å². The van der Waals surface area contributed by atoms with Crippen molar-refractivity contribution in [3.8, 4) is 0 Å². The van der Waals surface area contributed by atoms with Gasteiger partial charge in [0.05, 0.1) is 4.90 Å². The van der Waals surface area contributed by atoms with Crippen LogP contribution in [0.4, 0.5) is 5.69 Å². The number of sulfonamides is 1. The molecule has 0 spiro atoms.